The molecule has 0 aliphatic heterocycles. The van der Waals surface area contributed by atoms with E-state index in [4.69, 9.17) is 22.1 Å². The third kappa shape index (κ3) is 4.03. The van der Waals surface area contributed by atoms with Gasteiger partial charge in [-0.2, -0.15) is 0 Å². The average Bonchev–Trinajstić information content (AvgIpc) is 2.59. The van der Waals surface area contributed by atoms with Crippen LogP contribution in [0.3, 0.4) is 0 Å². The first-order valence-corrected chi connectivity index (χ1v) is 6.38. The minimum absolute atomic E-state index is 0.0928. The molecule has 1 rings (SSSR count). The molecule has 90 valence electrons. The van der Waals surface area contributed by atoms with E-state index in [1.807, 2.05) is 6.07 Å². The largest absolute Gasteiger partial charge is 0.467 e. The number of halogens is 2. The van der Waals surface area contributed by atoms with Crippen LogP contribution in [0.5, 0.6) is 0 Å². The normalized spacial score (nSPS) is 12.5. The van der Waals surface area contributed by atoms with Crippen molar-refractivity contribution in [3.05, 3.63) is 19.8 Å². The van der Waals surface area contributed by atoms with Crippen LogP contribution in [0.1, 0.15) is 10.9 Å². The van der Waals surface area contributed by atoms with E-state index >= 15 is 0 Å². The fraction of sp³-hybridized carbons (Fsp3) is 0.444. The number of thiophene rings is 1. The van der Waals surface area contributed by atoms with E-state index in [2.05, 4.69) is 20.7 Å². The van der Waals surface area contributed by atoms with Crippen molar-refractivity contribution in [3.63, 3.8) is 0 Å². The highest BCUT2D eigenvalue weighted by molar-refractivity contribution is 9.10. The second-order valence-corrected chi connectivity index (χ2v) is 5.51. The molecule has 0 radical (unpaired) electrons. The maximum atomic E-state index is 10.8. The third-order valence-corrected chi connectivity index (χ3v) is 4.38. The van der Waals surface area contributed by atoms with Gasteiger partial charge in [0.05, 0.1) is 19.8 Å². The molecular formula is C9H11BrClNO3S. The molecular weight excluding hydrogens is 318 g/mol. The number of carbonyl (C=O) groups is 1. The maximum Gasteiger partial charge on any atom is 0.331 e. The minimum Gasteiger partial charge on any atom is -0.467 e. The Balaban J connectivity index is 2.40. The Kier molecular flexibility index (Phi) is 5.71. The first-order valence-electron chi connectivity index (χ1n) is 4.39. The topological polar surface area (TPSA) is 61.5 Å². The first kappa shape index (κ1) is 13.9. The van der Waals surface area contributed by atoms with Gasteiger partial charge in [0, 0.05) is 9.35 Å². The summed E-state index contributed by atoms with van der Waals surface area (Å²) in [6, 6.07) is 1.55. The molecule has 0 fully saturated rings. The molecule has 1 heterocycles. The first-order chi connectivity index (χ1) is 7.54. The molecule has 7 heteroatoms. The second-order valence-electron chi connectivity index (χ2n) is 2.97. The van der Waals surface area contributed by atoms with E-state index < -0.39 is 5.97 Å². The molecule has 1 atom stereocenters. The van der Waals surface area contributed by atoms with E-state index in [9.17, 15) is 4.79 Å². The minimum atomic E-state index is -0.419. The number of nitrogens with two attached hydrogens (primary N) is 1. The van der Waals surface area contributed by atoms with Gasteiger partial charge in [0.15, 0.2) is 0 Å². The van der Waals surface area contributed by atoms with Crippen molar-refractivity contribution in [1.29, 1.82) is 0 Å². The van der Waals surface area contributed by atoms with Crippen LogP contribution >= 0.6 is 38.9 Å². The predicted molar refractivity (Wildman–Crippen MR) is 66.8 cm³/mol. The molecule has 0 spiro atoms. The van der Waals surface area contributed by atoms with Crippen molar-refractivity contribution in [2.45, 2.75) is 6.04 Å². The van der Waals surface area contributed by atoms with Crippen LogP contribution in [0.15, 0.2) is 10.5 Å². The zero-order valence-corrected chi connectivity index (χ0v) is 11.7. The Hall–Kier alpha value is -0.140. The third-order valence-electron chi connectivity index (χ3n) is 1.77. The molecule has 0 saturated heterocycles. The summed E-state index contributed by atoms with van der Waals surface area (Å²) >= 11 is 10.6. The molecule has 1 aromatic rings. The maximum absolute atomic E-state index is 10.8. The predicted octanol–water partition coefficient (Wildman–Crippen LogP) is 2.35. The Morgan fingerprint density at radius 1 is 1.75 bits per heavy atom. The van der Waals surface area contributed by atoms with Gasteiger partial charge >= 0.3 is 5.97 Å². The molecule has 16 heavy (non-hydrogen) atoms. The van der Waals surface area contributed by atoms with E-state index in [-0.39, 0.29) is 19.3 Å². The standard InChI is InChI=1S/C9H11BrClNO3S/c1-14-8(13)4-15-3-6(12)7-2-5(10)9(11)16-7/h2,6H,3-4,12H2,1H3. The van der Waals surface area contributed by atoms with Gasteiger partial charge in [-0.25, -0.2) is 4.79 Å². The average molecular weight is 329 g/mol. The smallest absolute Gasteiger partial charge is 0.331 e. The van der Waals surface area contributed by atoms with E-state index in [0.29, 0.717) is 4.34 Å². The summed E-state index contributed by atoms with van der Waals surface area (Å²) in [7, 11) is 1.31. The molecule has 1 unspecified atom stereocenters. The van der Waals surface area contributed by atoms with Gasteiger partial charge in [-0.15, -0.1) is 11.3 Å². The van der Waals surface area contributed by atoms with Crippen LogP contribution in [0, 0.1) is 0 Å². The lowest BCUT2D eigenvalue weighted by Crippen LogP contribution is -2.19. The van der Waals surface area contributed by atoms with Crippen molar-refractivity contribution in [3.8, 4) is 0 Å². The zero-order chi connectivity index (χ0) is 12.1. The highest BCUT2D eigenvalue weighted by Gasteiger charge is 2.13. The lowest BCUT2D eigenvalue weighted by Gasteiger charge is -2.09. The quantitative estimate of drug-likeness (QED) is 0.843. The fourth-order valence-corrected chi connectivity index (χ4v) is 2.68. The molecule has 2 N–H and O–H groups in total. The summed E-state index contributed by atoms with van der Waals surface area (Å²) in [4.78, 5) is 11.7. The van der Waals surface area contributed by atoms with Crippen molar-refractivity contribution < 1.29 is 14.3 Å². The highest BCUT2D eigenvalue weighted by atomic mass is 79.9. The number of rotatable bonds is 5. The number of hydrogen-bond acceptors (Lipinski definition) is 5. The van der Waals surface area contributed by atoms with Crippen molar-refractivity contribution in [2.75, 3.05) is 20.3 Å². The van der Waals surface area contributed by atoms with Crippen molar-refractivity contribution in [2.24, 2.45) is 5.73 Å². The van der Waals surface area contributed by atoms with Gasteiger partial charge < -0.3 is 15.2 Å². The van der Waals surface area contributed by atoms with Crippen LogP contribution < -0.4 is 5.73 Å². The van der Waals surface area contributed by atoms with Crippen molar-refractivity contribution >= 4 is 44.8 Å². The van der Waals surface area contributed by atoms with Crippen LogP contribution in [0.4, 0.5) is 0 Å². The van der Waals surface area contributed by atoms with Gasteiger partial charge in [-0.05, 0) is 22.0 Å². The fourth-order valence-electron chi connectivity index (χ4n) is 0.956. The van der Waals surface area contributed by atoms with E-state index in [0.717, 1.165) is 9.35 Å². The number of ether oxygens (including phenoxy) is 2. The van der Waals surface area contributed by atoms with E-state index in [1.165, 1.54) is 18.4 Å². The molecule has 0 aliphatic rings. The summed E-state index contributed by atoms with van der Waals surface area (Å²) in [5.74, 6) is -0.419. The Morgan fingerprint density at radius 2 is 2.44 bits per heavy atom. The van der Waals surface area contributed by atoms with Gasteiger partial charge in [-0.1, -0.05) is 11.6 Å². The molecule has 0 bridgehead atoms. The molecule has 1 aromatic heterocycles. The summed E-state index contributed by atoms with van der Waals surface area (Å²) < 4.78 is 11.0. The van der Waals surface area contributed by atoms with Crippen molar-refractivity contribution in [1.82, 2.24) is 0 Å². The Bertz CT molecular complexity index is 352. The van der Waals surface area contributed by atoms with Gasteiger partial charge in [0.1, 0.15) is 10.9 Å². The lowest BCUT2D eigenvalue weighted by atomic mass is 10.3. The second kappa shape index (κ2) is 6.56. The van der Waals surface area contributed by atoms with Crippen LogP contribution in [-0.2, 0) is 14.3 Å². The molecule has 4 nitrogen and oxygen atoms in total. The molecule has 0 aliphatic carbocycles. The zero-order valence-electron chi connectivity index (χ0n) is 8.54. The number of hydrogen-bond donors (Lipinski definition) is 1. The SMILES string of the molecule is COC(=O)COCC(N)c1cc(Br)c(Cl)s1. The highest BCUT2D eigenvalue weighted by Crippen LogP contribution is 2.34. The molecule has 0 amide bonds. The van der Waals surface area contributed by atoms with Crippen LogP contribution in [-0.4, -0.2) is 26.3 Å². The summed E-state index contributed by atoms with van der Waals surface area (Å²) in [5, 5.41) is 0. The number of esters is 1. The monoisotopic (exact) mass is 327 g/mol. The number of carbonyl (C=O) groups excluding carboxylic acids is 1. The van der Waals surface area contributed by atoms with Gasteiger partial charge in [0.2, 0.25) is 0 Å². The lowest BCUT2D eigenvalue weighted by molar-refractivity contribution is -0.146. The molecule has 0 saturated carbocycles. The van der Waals surface area contributed by atoms with E-state index in [1.54, 1.807) is 0 Å². The summed E-state index contributed by atoms with van der Waals surface area (Å²) in [6.07, 6.45) is 0. The summed E-state index contributed by atoms with van der Waals surface area (Å²) in [5.41, 5.74) is 5.86. The van der Waals surface area contributed by atoms with Crippen LogP contribution in [0.2, 0.25) is 4.34 Å². The summed E-state index contributed by atoms with van der Waals surface area (Å²) in [6.45, 7) is 0.156. The van der Waals surface area contributed by atoms with Gasteiger partial charge in [-0.3, -0.25) is 0 Å². The Labute approximate surface area is 111 Å². The molecule has 0 aromatic carbocycles. The Morgan fingerprint density at radius 3 is 2.94 bits per heavy atom. The number of methoxy groups -OCH3 is 1. The van der Waals surface area contributed by atoms with Gasteiger partial charge in [0.25, 0.3) is 0 Å². The van der Waals surface area contributed by atoms with Crippen LogP contribution in [0.25, 0.3) is 0 Å².